The van der Waals surface area contributed by atoms with Crippen molar-refractivity contribution >= 4 is 21.6 Å². The number of hydroxylamine groups is 1. The molecule has 1 saturated carbocycles. The van der Waals surface area contributed by atoms with Gasteiger partial charge in [-0.2, -0.15) is 5.48 Å². The van der Waals surface area contributed by atoms with E-state index in [1.165, 1.54) is 35.9 Å². The number of fused-ring (bicyclic) bond motifs is 1. The maximum atomic E-state index is 5.74. The van der Waals surface area contributed by atoms with E-state index < -0.39 is 0 Å². The summed E-state index contributed by atoms with van der Waals surface area (Å²) in [7, 11) is 0. The summed E-state index contributed by atoms with van der Waals surface area (Å²) in [5.41, 5.74) is 5.42. The molecule has 4 heteroatoms. The predicted molar refractivity (Wildman–Crippen MR) is 74.5 cm³/mol. The topological polar surface area (TPSA) is 34.1 Å². The fourth-order valence-corrected chi connectivity index (χ4v) is 3.16. The number of pyridine rings is 1. The zero-order chi connectivity index (χ0) is 12.4. The van der Waals surface area contributed by atoms with Crippen molar-refractivity contribution in [2.75, 3.05) is 0 Å². The van der Waals surface area contributed by atoms with E-state index in [0.717, 1.165) is 5.52 Å². The van der Waals surface area contributed by atoms with Crippen LogP contribution < -0.4 is 5.48 Å². The van der Waals surface area contributed by atoms with Crippen molar-refractivity contribution in [2.45, 2.75) is 44.8 Å². The van der Waals surface area contributed by atoms with Crippen LogP contribution in [-0.2, 0) is 4.84 Å². The van der Waals surface area contributed by atoms with Gasteiger partial charge in [0.05, 0.1) is 22.4 Å². The lowest BCUT2D eigenvalue weighted by atomic mass is 10.1. The quantitative estimate of drug-likeness (QED) is 0.850. The van der Waals surface area contributed by atoms with Crippen LogP contribution in [0.3, 0.4) is 0 Å². The van der Waals surface area contributed by atoms with Crippen LogP contribution in [0.2, 0.25) is 0 Å². The average molecular weight is 262 g/mol. The third-order valence-electron chi connectivity index (χ3n) is 3.54. The molecule has 2 aromatic rings. The molecule has 2 heterocycles. The molecular weight excluding hydrogens is 244 g/mol. The van der Waals surface area contributed by atoms with Crippen LogP contribution in [0.5, 0.6) is 0 Å². The molecule has 1 aliphatic carbocycles. The Bertz CT molecular complexity index is 519. The van der Waals surface area contributed by atoms with Gasteiger partial charge in [-0.15, -0.1) is 11.3 Å². The van der Waals surface area contributed by atoms with Crippen LogP contribution in [0.4, 0.5) is 0 Å². The van der Waals surface area contributed by atoms with E-state index in [0.29, 0.717) is 6.10 Å². The van der Waals surface area contributed by atoms with Crippen molar-refractivity contribution in [1.82, 2.24) is 10.5 Å². The van der Waals surface area contributed by atoms with Crippen molar-refractivity contribution < 1.29 is 4.84 Å². The molecular formula is C14H18N2OS. The summed E-state index contributed by atoms with van der Waals surface area (Å²) < 4.78 is 1.24. The fraction of sp³-hybridized carbons (Fsp3) is 0.500. The Labute approximate surface area is 111 Å². The normalized spacial score (nSPS) is 18.5. The highest BCUT2D eigenvalue weighted by Gasteiger charge is 2.17. The van der Waals surface area contributed by atoms with Crippen LogP contribution >= 0.6 is 11.3 Å². The smallest absolute Gasteiger partial charge is 0.0809 e. The van der Waals surface area contributed by atoms with Crippen LogP contribution in [-0.4, -0.2) is 11.1 Å². The Morgan fingerprint density at radius 2 is 2.28 bits per heavy atom. The third kappa shape index (κ3) is 2.55. The molecule has 0 aliphatic heterocycles. The minimum absolute atomic E-state index is 0.185. The zero-order valence-electron chi connectivity index (χ0n) is 10.6. The lowest BCUT2D eigenvalue weighted by Gasteiger charge is -2.17. The Kier molecular flexibility index (Phi) is 3.59. The molecule has 3 nitrogen and oxygen atoms in total. The molecule has 1 aliphatic rings. The molecule has 1 N–H and O–H groups in total. The monoisotopic (exact) mass is 262 g/mol. The molecule has 96 valence electrons. The number of nitrogens with one attached hydrogen (secondary N) is 1. The van der Waals surface area contributed by atoms with Gasteiger partial charge in [0.15, 0.2) is 0 Å². The first-order chi connectivity index (χ1) is 8.83. The van der Waals surface area contributed by atoms with E-state index >= 15 is 0 Å². The average Bonchev–Trinajstić information content (AvgIpc) is 3.05. The molecule has 1 fully saturated rings. The van der Waals surface area contributed by atoms with Gasteiger partial charge in [-0.1, -0.05) is 12.8 Å². The summed E-state index contributed by atoms with van der Waals surface area (Å²) >= 11 is 1.73. The Balaban J connectivity index is 1.65. The first kappa shape index (κ1) is 12.1. The molecule has 1 unspecified atom stereocenters. The molecule has 2 aromatic heterocycles. The SMILES string of the molecule is CC(NOC1CCCC1)c1cnc2ccsc2c1. The second-order valence-electron chi connectivity index (χ2n) is 4.94. The number of thiophene rings is 1. The minimum atomic E-state index is 0.185. The van der Waals surface area contributed by atoms with Gasteiger partial charge in [0.25, 0.3) is 0 Å². The second-order valence-corrected chi connectivity index (χ2v) is 5.88. The van der Waals surface area contributed by atoms with Crippen molar-refractivity contribution in [3.63, 3.8) is 0 Å². The maximum Gasteiger partial charge on any atom is 0.0809 e. The van der Waals surface area contributed by atoms with Gasteiger partial charge in [-0.3, -0.25) is 9.82 Å². The van der Waals surface area contributed by atoms with E-state index in [1.807, 2.05) is 6.20 Å². The van der Waals surface area contributed by atoms with Crippen molar-refractivity contribution in [2.24, 2.45) is 0 Å². The molecule has 0 saturated heterocycles. The Morgan fingerprint density at radius 1 is 1.44 bits per heavy atom. The van der Waals surface area contributed by atoms with Crippen LogP contribution in [0.15, 0.2) is 23.7 Å². The summed E-state index contributed by atoms with van der Waals surface area (Å²) in [6.07, 6.45) is 7.28. The van der Waals surface area contributed by atoms with E-state index in [1.54, 1.807) is 11.3 Å². The Morgan fingerprint density at radius 3 is 3.11 bits per heavy atom. The van der Waals surface area contributed by atoms with Crippen molar-refractivity contribution in [3.05, 3.63) is 29.3 Å². The third-order valence-corrected chi connectivity index (χ3v) is 4.39. The van der Waals surface area contributed by atoms with E-state index in [2.05, 4.69) is 34.9 Å². The largest absolute Gasteiger partial charge is 0.298 e. The van der Waals surface area contributed by atoms with Gasteiger partial charge in [-0.05, 0) is 42.8 Å². The molecule has 0 amide bonds. The number of aromatic nitrogens is 1. The van der Waals surface area contributed by atoms with Crippen LogP contribution in [0, 0.1) is 0 Å². The summed E-state index contributed by atoms with van der Waals surface area (Å²) in [6, 6.07) is 4.43. The maximum absolute atomic E-state index is 5.74. The highest BCUT2D eigenvalue weighted by Crippen LogP contribution is 2.24. The van der Waals surface area contributed by atoms with Crippen molar-refractivity contribution in [1.29, 1.82) is 0 Å². The minimum Gasteiger partial charge on any atom is -0.298 e. The summed E-state index contributed by atoms with van der Waals surface area (Å²) in [4.78, 5) is 10.2. The van der Waals surface area contributed by atoms with E-state index in [-0.39, 0.29) is 6.04 Å². The summed E-state index contributed by atoms with van der Waals surface area (Å²) in [5.74, 6) is 0. The first-order valence-electron chi connectivity index (χ1n) is 6.57. The van der Waals surface area contributed by atoms with Crippen LogP contribution in [0.1, 0.15) is 44.2 Å². The molecule has 0 radical (unpaired) electrons. The lowest BCUT2D eigenvalue weighted by Crippen LogP contribution is -2.24. The molecule has 0 spiro atoms. The van der Waals surface area contributed by atoms with E-state index in [9.17, 15) is 0 Å². The van der Waals surface area contributed by atoms with Gasteiger partial charge in [0, 0.05) is 6.20 Å². The predicted octanol–water partition coefficient (Wildman–Crippen LogP) is 3.82. The first-order valence-corrected chi connectivity index (χ1v) is 7.45. The number of hydrogen-bond donors (Lipinski definition) is 1. The second kappa shape index (κ2) is 5.34. The molecule has 0 aromatic carbocycles. The summed E-state index contributed by atoms with van der Waals surface area (Å²) in [5, 5.41) is 2.08. The van der Waals surface area contributed by atoms with Gasteiger partial charge in [0.2, 0.25) is 0 Å². The van der Waals surface area contributed by atoms with Crippen LogP contribution in [0.25, 0.3) is 10.2 Å². The lowest BCUT2D eigenvalue weighted by molar-refractivity contribution is -0.0377. The standard InChI is InChI=1S/C14H18N2OS/c1-10(16-17-12-4-2-3-5-12)11-8-14-13(15-9-11)6-7-18-14/h6-10,12,16H,2-5H2,1H3. The molecule has 0 bridgehead atoms. The van der Waals surface area contributed by atoms with Gasteiger partial charge in [0.1, 0.15) is 0 Å². The number of rotatable bonds is 4. The molecule has 3 rings (SSSR count). The van der Waals surface area contributed by atoms with Crippen molar-refractivity contribution in [3.8, 4) is 0 Å². The highest BCUT2D eigenvalue weighted by atomic mass is 32.1. The fourth-order valence-electron chi connectivity index (χ4n) is 2.37. The Hall–Kier alpha value is -0.970. The van der Waals surface area contributed by atoms with Gasteiger partial charge >= 0.3 is 0 Å². The zero-order valence-corrected chi connectivity index (χ0v) is 11.4. The molecule has 1 atom stereocenters. The number of hydrogen-bond acceptors (Lipinski definition) is 4. The van der Waals surface area contributed by atoms with E-state index in [4.69, 9.17) is 4.84 Å². The number of nitrogens with zero attached hydrogens (tertiary/aromatic N) is 1. The van der Waals surface area contributed by atoms with Gasteiger partial charge < -0.3 is 0 Å². The highest BCUT2D eigenvalue weighted by molar-refractivity contribution is 7.17. The van der Waals surface area contributed by atoms with Gasteiger partial charge in [-0.25, -0.2) is 0 Å². The summed E-state index contributed by atoms with van der Waals surface area (Å²) in [6.45, 7) is 2.12. The molecule has 18 heavy (non-hydrogen) atoms.